The highest BCUT2D eigenvalue weighted by Crippen LogP contribution is 2.10. The Morgan fingerprint density at radius 1 is 1.35 bits per heavy atom. The lowest BCUT2D eigenvalue weighted by molar-refractivity contribution is 0.713. The van der Waals surface area contributed by atoms with Crippen molar-refractivity contribution in [3.63, 3.8) is 0 Å². The largest absolute Gasteiger partial charge is 0.306 e. The third kappa shape index (κ3) is 3.01. The maximum Gasteiger partial charge on any atom is 0.0995 e. The van der Waals surface area contributed by atoms with E-state index in [2.05, 4.69) is 46.3 Å². The van der Waals surface area contributed by atoms with Crippen LogP contribution in [0, 0.1) is 6.92 Å². The summed E-state index contributed by atoms with van der Waals surface area (Å²) in [6, 6.07) is 8.36. The van der Waals surface area contributed by atoms with E-state index in [-0.39, 0.29) is 0 Å². The highest BCUT2D eigenvalue weighted by atomic mass is 15.0. The van der Waals surface area contributed by atoms with Crippen LogP contribution in [0.5, 0.6) is 0 Å². The summed E-state index contributed by atoms with van der Waals surface area (Å²) in [5.74, 6) is 0. The third-order valence-corrected chi connectivity index (χ3v) is 2.50. The maximum atomic E-state index is 4.21. The topological polar surface area (TPSA) is 42.2 Å². The Labute approximate surface area is 101 Å². The molecule has 1 aromatic heterocycles. The predicted octanol–water partition coefficient (Wildman–Crippen LogP) is 1.93. The number of imidazole rings is 1. The second kappa shape index (κ2) is 5.41. The van der Waals surface area contributed by atoms with E-state index in [4.69, 9.17) is 0 Å². The van der Waals surface area contributed by atoms with Crippen LogP contribution in [0.15, 0.2) is 41.8 Å². The molecular weight excluding hydrogens is 212 g/mol. The molecule has 0 atom stereocenters. The summed E-state index contributed by atoms with van der Waals surface area (Å²) < 4.78 is 2.01. The molecule has 0 saturated carbocycles. The van der Waals surface area contributed by atoms with Crippen molar-refractivity contribution in [2.24, 2.45) is 4.99 Å². The molecule has 88 valence electrons. The molecule has 0 radical (unpaired) electrons. The summed E-state index contributed by atoms with van der Waals surface area (Å²) in [4.78, 5) is 7.95. The van der Waals surface area contributed by atoms with E-state index in [1.165, 1.54) is 5.56 Å². The Balaban J connectivity index is 2.05. The summed E-state index contributed by atoms with van der Waals surface area (Å²) in [7, 11) is 0. The Morgan fingerprint density at radius 2 is 2.12 bits per heavy atom. The molecule has 0 spiro atoms. The lowest BCUT2D eigenvalue weighted by Gasteiger charge is -2.05. The quantitative estimate of drug-likeness (QED) is 0.627. The molecule has 0 fully saturated rings. The number of nitrogens with one attached hydrogen (secondary N) is 1. The van der Waals surface area contributed by atoms with Crippen LogP contribution in [0.1, 0.15) is 11.3 Å². The summed E-state index contributed by atoms with van der Waals surface area (Å²) in [5.41, 5.74) is 3.37. The van der Waals surface area contributed by atoms with Gasteiger partial charge in [0.25, 0.3) is 0 Å². The molecule has 0 unspecified atom stereocenters. The van der Waals surface area contributed by atoms with Crippen molar-refractivity contribution < 1.29 is 0 Å². The minimum Gasteiger partial charge on any atom is -0.306 e. The first-order chi connectivity index (χ1) is 8.29. The first-order valence-electron chi connectivity index (χ1n) is 5.52. The van der Waals surface area contributed by atoms with E-state index >= 15 is 0 Å². The molecule has 4 heteroatoms. The van der Waals surface area contributed by atoms with E-state index in [0.717, 1.165) is 17.9 Å². The van der Waals surface area contributed by atoms with Gasteiger partial charge in [0.15, 0.2) is 0 Å². The fraction of sp³-hybridized carbons (Fsp3) is 0.231. The molecule has 1 heterocycles. The Kier molecular flexibility index (Phi) is 3.67. The van der Waals surface area contributed by atoms with Gasteiger partial charge in [0.1, 0.15) is 0 Å². The Morgan fingerprint density at radius 3 is 2.71 bits per heavy atom. The molecule has 4 nitrogen and oxygen atoms in total. The van der Waals surface area contributed by atoms with Gasteiger partial charge in [-0.25, -0.2) is 4.98 Å². The first kappa shape index (κ1) is 11.5. The Hall–Kier alpha value is -1.94. The number of hydrogen-bond donors (Lipinski definition) is 1. The highest BCUT2D eigenvalue weighted by molar-refractivity contribution is 5.35. The molecule has 0 aliphatic carbocycles. The van der Waals surface area contributed by atoms with Gasteiger partial charge in [0.2, 0.25) is 0 Å². The van der Waals surface area contributed by atoms with E-state index in [9.17, 15) is 0 Å². The smallest absolute Gasteiger partial charge is 0.0995 e. The zero-order valence-corrected chi connectivity index (χ0v) is 9.93. The fourth-order valence-corrected chi connectivity index (χ4v) is 1.63. The second-order valence-electron chi connectivity index (χ2n) is 3.90. The predicted molar refractivity (Wildman–Crippen MR) is 69.6 cm³/mol. The van der Waals surface area contributed by atoms with Crippen LogP contribution < -0.4 is 5.32 Å². The van der Waals surface area contributed by atoms with Gasteiger partial charge in [-0.15, -0.1) is 0 Å². The number of aromatic nitrogens is 2. The monoisotopic (exact) mass is 228 g/mol. The van der Waals surface area contributed by atoms with Crippen molar-refractivity contribution in [1.29, 1.82) is 0 Å². The Bertz CT molecular complexity index is 484. The number of rotatable bonds is 5. The lowest BCUT2D eigenvalue weighted by atomic mass is 10.2. The first-order valence-corrected chi connectivity index (χ1v) is 5.52. The van der Waals surface area contributed by atoms with Gasteiger partial charge in [-0.05, 0) is 31.3 Å². The molecule has 17 heavy (non-hydrogen) atoms. The third-order valence-electron chi connectivity index (χ3n) is 2.50. The van der Waals surface area contributed by atoms with E-state index in [0.29, 0.717) is 6.67 Å². The number of aliphatic imine (C=N–C) groups is 1. The average Bonchev–Trinajstić information content (AvgIpc) is 2.77. The standard InChI is InChI=1S/C13H16N4/c1-11-8-17(10-16-11)13-5-3-12(4-6-13)7-15-9-14-2/h3-6,8,10,15H,2,7,9H2,1H3. The number of nitrogens with zero attached hydrogens (tertiary/aromatic N) is 3. The van der Waals surface area contributed by atoms with Crippen LogP contribution >= 0.6 is 0 Å². The summed E-state index contributed by atoms with van der Waals surface area (Å²) in [5, 5.41) is 3.17. The van der Waals surface area contributed by atoms with Crippen LogP contribution in [0.4, 0.5) is 0 Å². The van der Waals surface area contributed by atoms with E-state index in [1.807, 2.05) is 24.0 Å². The number of benzene rings is 1. The average molecular weight is 228 g/mol. The lowest BCUT2D eigenvalue weighted by Crippen LogP contribution is -2.12. The van der Waals surface area contributed by atoms with E-state index < -0.39 is 0 Å². The van der Waals surface area contributed by atoms with Gasteiger partial charge in [0.05, 0.1) is 18.7 Å². The van der Waals surface area contributed by atoms with Crippen molar-refractivity contribution in [2.75, 3.05) is 6.67 Å². The van der Waals surface area contributed by atoms with Crippen LogP contribution in [0.25, 0.3) is 5.69 Å². The van der Waals surface area contributed by atoms with Crippen LogP contribution in [-0.2, 0) is 6.54 Å². The van der Waals surface area contributed by atoms with Crippen molar-refractivity contribution in [3.05, 3.63) is 48.0 Å². The minimum absolute atomic E-state index is 0.586. The van der Waals surface area contributed by atoms with Gasteiger partial charge >= 0.3 is 0 Å². The second-order valence-corrected chi connectivity index (χ2v) is 3.90. The van der Waals surface area contributed by atoms with Crippen molar-refractivity contribution in [3.8, 4) is 5.69 Å². The molecule has 2 aromatic rings. The molecule has 0 bridgehead atoms. The molecular formula is C13H16N4. The zero-order valence-electron chi connectivity index (χ0n) is 9.93. The molecule has 2 rings (SSSR count). The van der Waals surface area contributed by atoms with Gasteiger partial charge in [0, 0.05) is 18.4 Å². The number of aryl methyl sites for hydroxylation is 1. The SMILES string of the molecule is C=NCNCc1ccc(-n2cnc(C)c2)cc1. The van der Waals surface area contributed by atoms with Gasteiger partial charge in [-0.3, -0.25) is 10.3 Å². The van der Waals surface area contributed by atoms with Gasteiger partial charge in [-0.2, -0.15) is 0 Å². The molecule has 0 amide bonds. The number of hydrogen-bond acceptors (Lipinski definition) is 3. The molecule has 0 aliphatic rings. The fourth-order valence-electron chi connectivity index (χ4n) is 1.63. The minimum atomic E-state index is 0.586. The van der Waals surface area contributed by atoms with Crippen molar-refractivity contribution in [1.82, 2.24) is 14.9 Å². The highest BCUT2D eigenvalue weighted by Gasteiger charge is 1.98. The van der Waals surface area contributed by atoms with Crippen LogP contribution in [-0.4, -0.2) is 22.9 Å². The van der Waals surface area contributed by atoms with Crippen molar-refractivity contribution in [2.45, 2.75) is 13.5 Å². The zero-order chi connectivity index (χ0) is 12.1. The summed E-state index contributed by atoms with van der Waals surface area (Å²) >= 11 is 0. The van der Waals surface area contributed by atoms with E-state index in [1.54, 1.807) is 0 Å². The molecule has 1 aromatic carbocycles. The molecule has 1 N–H and O–H groups in total. The molecule has 0 aliphatic heterocycles. The van der Waals surface area contributed by atoms with Gasteiger partial charge < -0.3 is 4.57 Å². The molecule has 0 saturated heterocycles. The van der Waals surface area contributed by atoms with Crippen molar-refractivity contribution >= 4 is 6.72 Å². The summed E-state index contributed by atoms with van der Waals surface area (Å²) in [6.07, 6.45) is 3.83. The van der Waals surface area contributed by atoms with Crippen LogP contribution in [0.3, 0.4) is 0 Å². The summed E-state index contributed by atoms with van der Waals surface area (Å²) in [6.45, 7) is 6.80. The maximum absolute atomic E-state index is 4.21. The normalized spacial score (nSPS) is 10.4. The van der Waals surface area contributed by atoms with Gasteiger partial charge in [-0.1, -0.05) is 12.1 Å². The van der Waals surface area contributed by atoms with Crippen LogP contribution in [0.2, 0.25) is 0 Å².